The molecule has 1 aliphatic heterocycles. The lowest BCUT2D eigenvalue weighted by molar-refractivity contribution is -0.132. The molecule has 0 radical (unpaired) electrons. The molecule has 1 atom stereocenters. The Balaban J connectivity index is 1.77. The van der Waals surface area contributed by atoms with Gasteiger partial charge in [0.15, 0.2) is 0 Å². The lowest BCUT2D eigenvalue weighted by atomic mass is 9.92. The first-order valence-electron chi connectivity index (χ1n) is 5.82. The molecule has 2 rings (SSSR count). The van der Waals surface area contributed by atoms with E-state index in [1.54, 1.807) is 0 Å². The fraction of sp³-hybridized carbons (Fsp3) is 0.909. The third kappa shape index (κ3) is 2.08. The summed E-state index contributed by atoms with van der Waals surface area (Å²) in [7, 11) is 0. The van der Waals surface area contributed by atoms with Crippen LogP contribution in [0.15, 0.2) is 0 Å². The van der Waals surface area contributed by atoms with Gasteiger partial charge in [-0.25, -0.2) is 0 Å². The van der Waals surface area contributed by atoms with Crippen LogP contribution in [0.1, 0.15) is 39.0 Å². The Labute approximate surface area is 85.8 Å². The van der Waals surface area contributed by atoms with Crippen LogP contribution in [-0.2, 0) is 4.79 Å². The number of hydrogen-bond acceptors (Lipinski definition) is 2. The zero-order chi connectivity index (χ0) is 9.97. The summed E-state index contributed by atoms with van der Waals surface area (Å²) < 4.78 is 0. The van der Waals surface area contributed by atoms with Gasteiger partial charge in [0.1, 0.15) is 0 Å². The average molecular weight is 196 g/mol. The van der Waals surface area contributed by atoms with Gasteiger partial charge in [0, 0.05) is 19.1 Å². The van der Waals surface area contributed by atoms with Gasteiger partial charge >= 0.3 is 0 Å². The number of carbonyl (C=O) groups is 1. The van der Waals surface area contributed by atoms with Crippen molar-refractivity contribution in [2.45, 2.75) is 51.1 Å². The standard InChI is InChI=1S/C11H20N2O/c1-9(12-10-5-4-6-10)11(14)13-7-2-3-8-13/h9-10,12H,2-8H2,1H3. The second-order valence-electron chi connectivity index (χ2n) is 4.55. The number of likely N-dealkylation sites (tertiary alicyclic amines) is 1. The molecule has 3 heteroatoms. The Morgan fingerprint density at radius 2 is 1.93 bits per heavy atom. The lowest BCUT2D eigenvalue weighted by Gasteiger charge is -2.31. The van der Waals surface area contributed by atoms with E-state index in [2.05, 4.69) is 5.32 Å². The molecule has 2 aliphatic rings. The monoisotopic (exact) mass is 196 g/mol. The van der Waals surface area contributed by atoms with Crippen molar-refractivity contribution in [2.24, 2.45) is 0 Å². The predicted molar refractivity (Wildman–Crippen MR) is 56.1 cm³/mol. The zero-order valence-electron chi connectivity index (χ0n) is 8.96. The van der Waals surface area contributed by atoms with Gasteiger partial charge in [-0.3, -0.25) is 4.79 Å². The second kappa shape index (κ2) is 4.30. The van der Waals surface area contributed by atoms with Crippen molar-refractivity contribution in [1.29, 1.82) is 0 Å². The van der Waals surface area contributed by atoms with Gasteiger partial charge in [0.2, 0.25) is 5.91 Å². The van der Waals surface area contributed by atoms with Crippen LogP contribution < -0.4 is 5.32 Å². The highest BCUT2D eigenvalue weighted by Gasteiger charge is 2.26. The van der Waals surface area contributed by atoms with Crippen molar-refractivity contribution < 1.29 is 4.79 Å². The normalized spacial score (nSPS) is 24.8. The summed E-state index contributed by atoms with van der Waals surface area (Å²) in [6, 6.07) is 0.634. The molecule has 0 aromatic rings. The molecule has 1 saturated heterocycles. The Morgan fingerprint density at radius 3 is 2.43 bits per heavy atom. The van der Waals surface area contributed by atoms with Crippen LogP contribution in [0.2, 0.25) is 0 Å². The Hall–Kier alpha value is -0.570. The Kier molecular flexibility index (Phi) is 3.06. The molecule has 1 aliphatic carbocycles. The molecule has 1 N–H and O–H groups in total. The third-order valence-electron chi connectivity index (χ3n) is 3.38. The zero-order valence-corrected chi connectivity index (χ0v) is 8.96. The highest BCUT2D eigenvalue weighted by Crippen LogP contribution is 2.19. The molecule has 0 spiro atoms. The minimum absolute atomic E-state index is 0.0263. The van der Waals surface area contributed by atoms with Gasteiger partial charge in [0.05, 0.1) is 6.04 Å². The van der Waals surface area contributed by atoms with E-state index in [0.29, 0.717) is 11.9 Å². The fourth-order valence-electron chi connectivity index (χ4n) is 2.21. The van der Waals surface area contributed by atoms with Crippen LogP contribution in [0, 0.1) is 0 Å². The molecule has 0 aromatic carbocycles. The van der Waals surface area contributed by atoms with Gasteiger partial charge in [0.25, 0.3) is 0 Å². The third-order valence-corrected chi connectivity index (χ3v) is 3.38. The van der Waals surface area contributed by atoms with E-state index in [1.165, 1.54) is 32.1 Å². The molecular formula is C11H20N2O. The van der Waals surface area contributed by atoms with Crippen LogP contribution in [0.25, 0.3) is 0 Å². The summed E-state index contributed by atoms with van der Waals surface area (Å²) >= 11 is 0. The maximum Gasteiger partial charge on any atom is 0.239 e. The quantitative estimate of drug-likeness (QED) is 0.734. The SMILES string of the molecule is CC(NC1CCC1)C(=O)N1CCCC1. The summed E-state index contributed by atoms with van der Waals surface area (Å²) in [4.78, 5) is 13.9. The molecule has 2 fully saturated rings. The molecule has 3 nitrogen and oxygen atoms in total. The van der Waals surface area contributed by atoms with E-state index in [1.807, 2.05) is 11.8 Å². The van der Waals surface area contributed by atoms with Gasteiger partial charge in [-0.1, -0.05) is 6.42 Å². The molecule has 0 aromatic heterocycles. The molecule has 14 heavy (non-hydrogen) atoms. The fourth-order valence-corrected chi connectivity index (χ4v) is 2.21. The minimum Gasteiger partial charge on any atom is -0.341 e. The summed E-state index contributed by atoms with van der Waals surface area (Å²) in [6.45, 7) is 3.93. The van der Waals surface area contributed by atoms with Crippen molar-refractivity contribution in [3.63, 3.8) is 0 Å². The van der Waals surface area contributed by atoms with E-state index in [9.17, 15) is 4.79 Å². The molecule has 1 heterocycles. The van der Waals surface area contributed by atoms with Crippen LogP contribution >= 0.6 is 0 Å². The summed E-state index contributed by atoms with van der Waals surface area (Å²) in [5, 5.41) is 3.40. The number of nitrogens with zero attached hydrogens (tertiary/aromatic N) is 1. The first kappa shape index (κ1) is 9.97. The van der Waals surface area contributed by atoms with Gasteiger partial charge in [-0.2, -0.15) is 0 Å². The van der Waals surface area contributed by atoms with Gasteiger partial charge < -0.3 is 10.2 Å². The summed E-state index contributed by atoms with van der Waals surface area (Å²) in [5.41, 5.74) is 0. The highest BCUT2D eigenvalue weighted by molar-refractivity contribution is 5.81. The van der Waals surface area contributed by atoms with Crippen molar-refractivity contribution >= 4 is 5.91 Å². The number of hydrogen-bond donors (Lipinski definition) is 1. The maximum absolute atomic E-state index is 11.9. The molecule has 80 valence electrons. The Morgan fingerprint density at radius 1 is 1.29 bits per heavy atom. The average Bonchev–Trinajstić information content (AvgIpc) is 2.62. The van der Waals surface area contributed by atoms with Crippen molar-refractivity contribution in [1.82, 2.24) is 10.2 Å². The van der Waals surface area contributed by atoms with Gasteiger partial charge in [-0.15, -0.1) is 0 Å². The number of nitrogens with one attached hydrogen (secondary N) is 1. The summed E-state index contributed by atoms with van der Waals surface area (Å²) in [6.07, 6.45) is 6.18. The first-order chi connectivity index (χ1) is 6.77. The van der Waals surface area contributed by atoms with E-state index in [0.717, 1.165) is 13.1 Å². The number of carbonyl (C=O) groups excluding carboxylic acids is 1. The minimum atomic E-state index is 0.0263. The van der Waals surface area contributed by atoms with Crippen LogP contribution in [0.4, 0.5) is 0 Å². The number of rotatable bonds is 3. The molecular weight excluding hydrogens is 176 g/mol. The summed E-state index contributed by atoms with van der Waals surface area (Å²) in [5.74, 6) is 0.300. The van der Waals surface area contributed by atoms with Crippen molar-refractivity contribution in [3.8, 4) is 0 Å². The molecule has 1 saturated carbocycles. The first-order valence-corrected chi connectivity index (χ1v) is 5.82. The van der Waals surface area contributed by atoms with Crippen LogP contribution in [0.3, 0.4) is 0 Å². The largest absolute Gasteiger partial charge is 0.341 e. The highest BCUT2D eigenvalue weighted by atomic mass is 16.2. The van der Waals surface area contributed by atoms with Crippen molar-refractivity contribution in [2.75, 3.05) is 13.1 Å². The van der Waals surface area contributed by atoms with Crippen LogP contribution in [-0.4, -0.2) is 36.0 Å². The topological polar surface area (TPSA) is 32.3 Å². The smallest absolute Gasteiger partial charge is 0.239 e. The number of amides is 1. The molecule has 0 bridgehead atoms. The van der Waals surface area contributed by atoms with Crippen molar-refractivity contribution in [3.05, 3.63) is 0 Å². The second-order valence-corrected chi connectivity index (χ2v) is 4.55. The molecule has 1 amide bonds. The van der Waals surface area contributed by atoms with E-state index in [4.69, 9.17) is 0 Å². The predicted octanol–water partition coefficient (Wildman–Crippen LogP) is 1.14. The maximum atomic E-state index is 11.9. The van der Waals surface area contributed by atoms with E-state index < -0.39 is 0 Å². The van der Waals surface area contributed by atoms with Gasteiger partial charge in [-0.05, 0) is 32.6 Å². The van der Waals surface area contributed by atoms with E-state index >= 15 is 0 Å². The lowest BCUT2D eigenvalue weighted by Crippen LogP contribution is -2.49. The Bertz CT molecular complexity index is 207. The van der Waals surface area contributed by atoms with E-state index in [-0.39, 0.29) is 6.04 Å². The molecule has 1 unspecified atom stereocenters. The van der Waals surface area contributed by atoms with Crippen LogP contribution in [0.5, 0.6) is 0 Å².